The van der Waals surface area contributed by atoms with Gasteiger partial charge >= 0.3 is 0 Å². The van der Waals surface area contributed by atoms with Crippen molar-refractivity contribution in [1.29, 1.82) is 0 Å². The lowest BCUT2D eigenvalue weighted by Crippen LogP contribution is -2.20. The normalized spacial score (nSPS) is 10.7. The summed E-state index contributed by atoms with van der Waals surface area (Å²) >= 11 is 5.88. The fourth-order valence-corrected chi connectivity index (χ4v) is 2.09. The van der Waals surface area contributed by atoms with E-state index >= 15 is 0 Å². The van der Waals surface area contributed by atoms with Crippen LogP contribution in [0.4, 0.5) is 4.39 Å². The van der Waals surface area contributed by atoms with Crippen LogP contribution in [-0.4, -0.2) is 13.0 Å². The molecule has 2 rings (SSSR count). The maximum atomic E-state index is 13.6. The molecule has 1 amide bonds. The highest BCUT2D eigenvalue weighted by Gasteiger charge is 2.04. The van der Waals surface area contributed by atoms with Gasteiger partial charge in [0.15, 0.2) is 0 Å². The monoisotopic (exact) mass is 319 g/mol. The van der Waals surface area contributed by atoms with Crippen LogP contribution in [0.2, 0.25) is 5.02 Å². The van der Waals surface area contributed by atoms with Gasteiger partial charge in [-0.1, -0.05) is 29.8 Å². The number of benzene rings is 2. The predicted molar refractivity (Wildman–Crippen MR) is 85.3 cm³/mol. The van der Waals surface area contributed by atoms with Crippen LogP contribution in [0.5, 0.6) is 5.75 Å². The van der Waals surface area contributed by atoms with Crippen LogP contribution < -0.4 is 10.1 Å². The highest BCUT2D eigenvalue weighted by molar-refractivity contribution is 6.32. The molecule has 5 heteroatoms. The van der Waals surface area contributed by atoms with Gasteiger partial charge in [-0.3, -0.25) is 4.79 Å². The first-order valence-corrected chi connectivity index (χ1v) is 7.01. The molecular weight excluding hydrogens is 305 g/mol. The largest absolute Gasteiger partial charge is 0.497 e. The summed E-state index contributed by atoms with van der Waals surface area (Å²) in [6, 6.07) is 11.7. The molecule has 0 spiro atoms. The molecule has 0 atom stereocenters. The zero-order chi connectivity index (χ0) is 15.9. The number of ether oxygens (including phenoxy) is 1. The predicted octanol–water partition coefficient (Wildman–Crippen LogP) is 3.82. The Morgan fingerprint density at radius 3 is 2.82 bits per heavy atom. The average molecular weight is 320 g/mol. The Morgan fingerprint density at radius 1 is 1.32 bits per heavy atom. The number of carbonyl (C=O) groups is 1. The SMILES string of the molecule is COc1cccc(CNC(=O)/C=C/c2c(F)cccc2Cl)c1. The Hall–Kier alpha value is -2.33. The molecule has 0 bridgehead atoms. The van der Waals surface area contributed by atoms with E-state index in [1.54, 1.807) is 13.2 Å². The Balaban J connectivity index is 1.97. The minimum Gasteiger partial charge on any atom is -0.497 e. The molecule has 0 radical (unpaired) electrons. The lowest BCUT2D eigenvalue weighted by atomic mass is 10.2. The van der Waals surface area contributed by atoms with Crippen molar-refractivity contribution in [1.82, 2.24) is 5.32 Å². The molecule has 0 fully saturated rings. The summed E-state index contributed by atoms with van der Waals surface area (Å²) < 4.78 is 18.7. The topological polar surface area (TPSA) is 38.3 Å². The summed E-state index contributed by atoms with van der Waals surface area (Å²) in [6.45, 7) is 0.353. The van der Waals surface area contributed by atoms with Crippen molar-refractivity contribution < 1.29 is 13.9 Å². The number of carbonyl (C=O) groups excluding carboxylic acids is 1. The molecule has 0 saturated carbocycles. The minimum absolute atomic E-state index is 0.195. The van der Waals surface area contributed by atoms with Gasteiger partial charge in [0.05, 0.1) is 12.1 Å². The first-order valence-electron chi connectivity index (χ1n) is 6.63. The summed E-state index contributed by atoms with van der Waals surface area (Å²) in [5.41, 5.74) is 1.10. The van der Waals surface area contributed by atoms with Crippen molar-refractivity contribution >= 4 is 23.6 Å². The van der Waals surface area contributed by atoms with Crippen LogP contribution in [0.1, 0.15) is 11.1 Å². The van der Waals surface area contributed by atoms with Gasteiger partial charge in [-0.05, 0) is 35.9 Å². The zero-order valence-electron chi connectivity index (χ0n) is 12.0. The van der Waals surface area contributed by atoms with E-state index in [9.17, 15) is 9.18 Å². The number of rotatable bonds is 5. The molecule has 1 N–H and O–H groups in total. The molecule has 0 aliphatic carbocycles. The Labute approximate surface area is 133 Å². The number of methoxy groups -OCH3 is 1. The van der Waals surface area contributed by atoms with Crippen molar-refractivity contribution in [3.63, 3.8) is 0 Å². The van der Waals surface area contributed by atoms with E-state index in [4.69, 9.17) is 16.3 Å². The summed E-state index contributed by atoms with van der Waals surface area (Å²) in [4.78, 5) is 11.8. The van der Waals surface area contributed by atoms with Gasteiger partial charge in [0.2, 0.25) is 5.91 Å². The van der Waals surface area contributed by atoms with E-state index in [0.29, 0.717) is 6.54 Å². The summed E-state index contributed by atoms with van der Waals surface area (Å²) in [7, 11) is 1.58. The smallest absolute Gasteiger partial charge is 0.244 e. The highest BCUT2D eigenvalue weighted by Crippen LogP contribution is 2.20. The molecule has 22 heavy (non-hydrogen) atoms. The fourth-order valence-electron chi connectivity index (χ4n) is 1.86. The van der Waals surface area contributed by atoms with Crippen molar-refractivity contribution in [2.45, 2.75) is 6.54 Å². The Kier molecular flexibility index (Phi) is 5.55. The van der Waals surface area contributed by atoms with Crippen molar-refractivity contribution in [2.75, 3.05) is 7.11 Å². The molecule has 0 unspecified atom stereocenters. The third kappa shape index (κ3) is 4.33. The van der Waals surface area contributed by atoms with Gasteiger partial charge in [-0.15, -0.1) is 0 Å². The third-order valence-corrected chi connectivity index (χ3v) is 3.33. The fraction of sp³-hybridized carbons (Fsp3) is 0.118. The molecule has 0 heterocycles. The van der Waals surface area contributed by atoms with Crippen LogP contribution >= 0.6 is 11.6 Å². The van der Waals surface area contributed by atoms with Gasteiger partial charge in [-0.2, -0.15) is 0 Å². The van der Waals surface area contributed by atoms with Gasteiger partial charge in [0.1, 0.15) is 11.6 Å². The lowest BCUT2D eigenvalue weighted by molar-refractivity contribution is -0.116. The average Bonchev–Trinajstić information content (AvgIpc) is 2.52. The molecule has 2 aromatic carbocycles. The highest BCUT2D eigenvalue weighted by atomic mass is 35.5. The van der Waals surface area contributed by atoms with Crippen molar-refractivity contribution in [3.05, 3.63) is 70.5 Å². The van der Waals surface area contributed by atoms with Crippen molar-refractivity contribution in [2.24, 2.45) is 0 Å². The third-order valence-electron chi connectivity index (χ3n) is 3.00. The van der Waals surface area contributed by atoms with E-state index in [1.807, 2.05) is 24.3 Å². The maximum Gasteiger partial charge on any atom is 0.244 e. The number of amides is 1. The molecule has 3 nitrogen and oxygen atoms in total. The van der Waals surface area contributed by atoms with Crippen molar-refractivity contribution in [3.8, 4) is 5.75 Å². The summed E-state index contributed by atoms with van der Waals surface area (Å²) in [6.07, 6.45) is 2.61. The van der Waals surface area contributed by atoms with E-state index in [0.717, 1.165) is 11.3 Å². The summed E-state index contributed by atoms with van der Waals surface area (Å²) in [5.74, 6) is -0.0769. The number of hydrogen-bond acceptors (Lipinski definition) is 2. The number of hydrogen-bond donors (Lipinski definition) is 1. The molecule has 0 aliphatic rings. The molecule has 0 aromatic heterocycles. The molecule has 2 aromatic rings. The van der Waals surface area contributed by atoms with Crippen LogP contribution in [0.25, 0.3) is 6.08 Å². The van der Waals surface area contributed by atoms with Gasteiger partial charge in [-0.25, -0.2) is 4.39 Å². The second-order valence-electron chi connectivity index (χ2n) is 4.54. The quantitative estimate of drug-likeness (QED) is 0.851. The first-order chi connectivity index (χ1) is 10.6. The van der Waals surface area contributed by atoms with E-state index < -0.39 is 5.82 Å². The minimum atomic E-state index is -0.468. The van der Waals surface area contributed by atoms with Gasteiger partial charge < -0.3 is 10.1 Å². The standard InChI is InChI=1S/C17H15ClFNO2/c1-22-13-5-2-4-12(10-13)11-20-17(21)9-8-14-15(18)6-3-7-16(14)19/h2-10H,11H2,1H3,(H,20,21)/b9-8+. The van der Waals surface area contributed by atoms with E-state index in [2.05, 4.69) is 5.32 Å². The maximum absolute atomic E-state index is 13.6. The molecule has 0 aliphatic heterocycles. The Morgan fingerprint density at radius 2 is 2.09 bits per heavy atom. The van der Waals surface area contributed by atoms with Crippen LogP contribution in [0.3, 0.4) is 0 Å². The van der Waals surface area contributed by atoms with Crippen LogP contribution in [0, 0.1) is 5.82 Å². The van der Waals surface area contributed by atoms with E-state index in [-0.39, 0.29) is 16.5 Å². The first kappa shape index (κ1) is 16.0. The molecule has 114 valence electrons. The van der Waals surface area contributed by atoms with E-state index in [1.165, 1.54) is 24.3 Å². The lowest BCUT2D eigenvalue weighted by Gasteiger charge is -2.05. The summed E-state index contributed by atoms with van der Waals surface area (Å²) in [5, 5.41) is 2.97. The van der Waals surface area contributed by atoms with Gasteiger partial charge in [0.25, 0.3) is 0 Å². The molecular formula is C17H15ClFNO2. The van der Waals surface area contributed by atoms with Crippen LogP contribution in [-0.2, 0) is 11.3 Å². The Bertz CT molecular complexity index is 681. The molecule has 0 saturated heterocycles. The number of halogens is 2. The number of nitrogens with one attached hydrogen (secondary N) is 1. The second kappa shape index (κ2) is 7.61. The second-order valence-corrected chi connectivity index (χ2v) is 4.95. The van der Waals surface area contributed by atoms with Crippen LogP contribution in [0.15, 0.2) is 48.5 Å². The van der Waals surface area contributed by atoms with Gasteiger partial charge in [0, 0.05) is 18.2 Å². The zero-order valence-corrected chi connectivity index (χ0v) is 12.7.